The third-order valence-corrected chi connectivity index (χ3v) is 4.06. The Labute approximate surface area is 119 Å². The summed E-state index contributed by atoms with van der Waals surface area (Å²) in [6.45, 7) is 7.88. The van der Waals surface area contributed by atoms with Crippen LogP contribution in [0.3, 0.4) is 0 Å². The first-order valence-electron chi connectivity index (χ1n) is 6.93. The van der Waals surface area contributed by atoms with E-state index in [-0.39, 0.29) is 5.54 Å². The second-order valence-electron chi connectivity index (χ2n) is 6.56. The molecule has 1 aliphatic carbocycles. The van der Waals surface area contributed by atoms with Gasteiger partial charge >= 0.3 is 0 Å². The number of nitrogens with one attached hydrogen (secondary N) is 1. The lowest BCUT2D eigenvalue weighted by molar-refractivity contribution is 0.346. The minimum atomic E-state index is 0.227. The molecule has 0 radical (unpaired) electrons. The molecule has 0 bridgehead atoms. The van der Waals surface area contributed by atoms with Gasteiger partial charge < -0.3 is 5.32 Å². The van der Waals surface area contributed by atoms with E-state index in [1.54, 1.807) is 0 Å². The maximum absolute atomic E-state index is 3.67. The van der Waals surface area contributed by atoms with E-state index < -0.39 is 0 Å². The zero-order chi connectivity index (χ0) is 13.2. The van der Waals surface area contributed by atoms with Gasteiger partial charge in [0.1, 0.15) is 0 Å². The second-order valence-corrected chi connectivity index (χ2v) is 7.48. The van der Waals surface area contributed by atoms with Crippen molar-refractivity contribution in [2.75, 3.05) is 6.54 Å². The van der Waals surface area contributed by atoms with Crippen molar-refractivity contribution < 1.29 is 0 Å². The largest absolute Gasteiger partial charge is 0.312 e. The predicted molar refractivity (Wildman–Crippen MR) is 81.8 cm³/mol. The van der Waals surface area contributed by atoms with Crippen LogP contribution in [0.25, 0.3) is 0 Å². The molecule has 2 heteroatoms. The molecular formula is C16H24BrN. The summed E-state index contributed by atoms with van der Waals surface area (Å²) in [6, 6.07) is 8.74. The van der Waals surface area contributed by atoms with Crippen molar-refractivity contribution >= 4 is 15.9 Å². The average molecular weight is 310 g/mol. The first-order chi connectivity index (χ1) is 8.44. The van der Waals surface area contributed by atoms with Gasteiger partial charge in [0.25, 0.3) is 0 Å². The van der Waals surface area contributed by atoms with Gasteiger partial charge in [-0.05, 0) is 76.1 Å². The van der Waals surface area contributed by atoms with Crippen LogP contribution in [0.15, 0.2) is 28.7 Å². The Hall–Kier alpha value is -0.340. The predicted octanol–water partition coefficient (Wildman–Crippen LogP) is 4.41. The summed E-state index contributed by atoms with van der Waals surface area (Å²) in [7, 11) is 0. The van der Waals surface area contributed by atoms with E-state index in [2.05, 4.69) is 66.3 Å². The van der Waals surface area contributed by atoms with Gasteiger partial charge in [-0.2, -0.15) is 0 Å². The van der Waals surface area contributed by atoms with E-state index in [9.17, 15) is 0 Å². The van der Waals surface area contributed by atoms with Crippen molar-refractivity contribution in [3.8, 4) is 0 Å². The molecule has 2 rings (SSSR count). The fourth-order valence-corrected chi connectivity index (χ4v) is 2.82. The molecule has 100 valence electrons. The summed E-state index contributed by atoms with van der Waals surface area (Å²) in [5.41, 5.74) is 1.68. The monoisotopic (exact) mass is 309 g/mol. The zero-order valence-corrected chi connectivity index (χ0v) is 13.3. The minimum Gasteiger partial charge on any atom is -0.312 e. The Morgan fingerprint density at radius 2 is 2.06 bits per heavy atom. The Morgan fingerprint density at radius 1 is 1.33 bits per heavy atom. The molecule has 1 fully saturated rings. The Balaban J connectivity index is 1.94. The zero-order valence-electron chi connectivity index (χ0n) is 11.7. The first kappa shape index (κ1) is 14.1. The summed E-state index contributed by atoms with van der Waals surface area (Å²) in [5.74, 6) is 1.73. The highest BCUT2D eigenvalue weighted by Gasteiger charge is 2.31. The third-order valence-electron chi connectivity index (χ3n) is 3.57. The topological polar surface area (TPSA) is 12.0 Å². The smallest absolute Gasteiger partial charge is 0.0177 e. The molecule has 0 heterocycles. The van der Waals surface area contributed by atoms with Crippen molar-refractivity contribution in [2.24, 2.45) is 11.8 Å². The van der Waals surface area contributed by atoms with E-state index in [0.29, 0.717) is 0 Å². The van der Waals surface area contributed by atoms with Crippen molar-refractivity contribution in [2.45, 2.75) is 45.6 Å². The van der Waals surface area contributed by atoms with Crippen LogP contribution in [-0.4, -0.2) is 12.1 Å². The molecule has 0 spiro atoms. The molecule has 0 aliphatic heterocycles. The highest BCUT2D eigenvalue weighted by atomic mass is 79.9. The molecule has 1 unspecified atom stereocenters. The summed E-state index contributed by atoms with van der Waals surface area (Å²) in [6.07, 6.45) is 4.04. The van der Waals surface area contributed by atoms with Crippen LogP contribution in [0.5, 0.6) is 0 Å². The van der Waals surface area contributed by atoms with Crippen LogP contribution >= 0.6 is 15.9 Å². The highest BCUT2D eigenvalue weighted by molar-refractivity contribution is 9.10. The van der Waals surface area contributed by atoms with Gasteiger partial charge in [0.15, 0.2) is 0 Å². The summed E-state index contributed by atoms with van der Waals surface area (Å²) >= 11 is 3.56. The molecule has 1 atom stereocenters. The standard InChI is InChI=1S/C16H24BrN/c1-16(2,3)18-11-14(13-7-8-13)9-12-5-4-6-15(17)10-12/h4-6,10,13-14,18H,7-9,11H2,1-3H3. The van der Waals surface area contributed by atoms with Gasteiger partial charge in [-0.3, -0.25) is 0 Å². The van der Waals surface area contributed by atoms with Crippen molar-refractivity contribution in [1.29, 1.82) is 0 Å². The lowest BCUT2D eigenvalue weighted by Crippen LogP contribution is -2.40. The maximum Gasteiger partial charge on any atom is 0.0177 e. The Morgan fingerprint density at radius 3 is 2.61 bits per heavy atom. The van der Waals surface area contributed by atoms with Gasteiger partial charge in [-0.1, -0.05) is 28.1 Å². The minimum absolute atomic E-state index is 0.227. The van der Waals surface area contributed by atoms with Gasteiger partial charge in [-0.25, -0.2) is 0 Å². The average Bonchev–Trinajstić information content (AvgIpc) is 3.06. The fourth-order valence-electron chi connectivity index (χ4n) is 2.38. The summed E-state index contributed by atoms with van der Waals surface area (Å²) in [5, 5.41) is 3.67. The van der Waals surface area contributed by atoms with E-state index in [0.717, 1.165) is 18.4 Å². The molecule has 1 N–H and O–H groups in total. The summed E-state index contributed by atoms with van der Waals surface area (Å²) < 4.78 is 1.19. The van der Waals surface area contributed by atoms with Gasteiger partial charge in [0, 0.05) is 10.0 Å². The molecule has 1 aromatic rings. The molecule has 0 aromatic heterocycles. The lowest BCUT2D eigenvalue weighted by Gasteiger charge is -2.25. The van der Waals surface area contributed by atoms with Crippen LogP contribution < -0.4 is 5.32 Å². The molecule has 1 nitrogen and oxygen atoms in total. The number of benzene rings is 1. The maximum atomic E-state index is 3.67. The van der Waals surface area contributed by atoms with Crippen LogP contribution in [0, 0.1) is 11.8 Å². The molecule has 0 saturated heterocycles. The van der Waals surface area contributed by atoms with Crippen LogP contribution in [0.2, 0.25) is 0 Å². The molecule has 18 heavy (non-hydrogen) atoms. The molecule has 1 saturated carbocycles. The van der Waals surface area contributed by atoms with Crippen LogP contribution in [-0.2, 0) is 6.42 Å². The molecule has 1 aliphatic rings. The Bertz CT molecular complexity index is 390. The lowest BCUT2D eigenvalue weighted by atomic mass is 9.93. The number of halogens is 1. The first-order valence-corrected chi connectivity index (χ1v) is 7.73. The van der Waals surface area contributed by atoms with E-state index in [1.807, 2.05) is 0 Å². The summed E-state index contributed by atoms with van der Waals surface area (Å²) in [4.78, 5) is 0. The molecule has 1 aromatic carbocycles. The quantitative estimate of drug-likeness (QED) is 0.849. The number of hydrogen-bond acceptors (Lipinski definition) is 1. The van der Waals surface area contributed by atoms with E-state index >= 15 is 0 Å². The van der Waals surface area contributed by atoms with Crippen LogP contribution in [0.4, 0.5) is 0 Å². The normalized spacial score (nSPS) is 17.8. The van der Waals surface area contributed by atoms with Crippen molar-refractivity contribution in [1.82, 2.24) is 5.32 Å². The van der Waals surface area contributed by atoms with Crippen molar-refractivity contribution in [3.05, 3.63) is 34.3 Å². The number of hydrogen-bond donors (Lipinski definition) is 1. The van der Waals surface area contributed by atoms with E-state index in [4.69, 9.17) is 0 Å². The molecular weight excluding hydrogens is 286 g/mol. The second kappa shape index (κ2) is 5.75. The number of rotatable bonds is 5. The fraction of sp³-hybridized carbons (Fsp3) is 0.625. The SMILES string of the molecule is CC(C)(C)NCC(Cc1cccc(Br)c1)C1CC1. The van der Waals surface area contributed by atoms with Gasteiger partial charge in [-0.15, -0.1) is 0 Å². The third kappa shape index (κ3) is 4.74. The molecule has 0 amide bonds. The Kier molecular flexibility index (Phi) is 4.50. The van der Waals surface area contributed by atoms with Crippen molar-refractivity contribution in [3.63, 3.8) is 0 Å². The van der Waals surface area contributed by atoms with Gasteiger partial charge in [0.05, 0.1) is 0 Å². The van der Waals surface area contributed by atoms with Crippen LogP contribution in [0.1, 0.15) is 39.2 Å². The van der Waals surface area contributed by atoms with Gasteiger partial charge in [0.2, 0.25) is 0 Å². The van der Waals surface area contributed by atoms with E-state index in [1.165, 1.54) is 29.3 Å². The highest BCUT2D eigenvalue weighted by Crippen LogP contribution is 2.38.